The second-order valence-electron chi connectivity index (χ2n) is 5.12. The van der Waals surface area contributed by atoms with Gasteiger partial charge in [-0.1, -0.05) is 26.8 Å². The van der Waals surface area contributed by atoms with Gasteiger partial charge in [-0.05, 0) is 35.1 Å². The molecular weight excluding hydrogens is 204 g/mol. The van der Waals surface area contributed by atoms with Crippen LogP contribution in [0.3, 0.4) is 0 Å². The van der Waals surface area contributed by atoms with E-state index in [0.717, 1.165) is 11.1 Å². The topological polar surface area (TPSA) is 57.5 Å². The molecule has 3 nitrogen and oxygen atoms in total. The number of hydrogen-bond acceptors (Lipinski definition) is 2. The van der Waals surface area contributed by atoms with E-state index in [1.807, 2.05) is 33.8 Å². The van der Waals surface area contributed by atoms with Crippen molar-refractivity contribution < 1.29 is 15.0 Å². The molecule has 0 aliphatic rings. The van der Waals surface area contributed by atoms with Gasteiger partial charge in [-0.25, -0.2) is 0 Å². The summed E-state index contributed by atoms with van der Waals surface area (Å²) in [5.74, 6) is -0.724. The minimum Gasteiger partial charge on any atom is -0.508 e. The number of carboxylic acids is 1. The fourth-order valence-corrected chi connectivity index (χ4v) is 1.75. The lowest BCUT2D eigenvalue weighted by atomic mass is 9.82. The second-order valence-corrected chi connectivity index (χ2v) is 5.12. The monoisotopic (exact) mass is 222 g/mol. The van der Waals surface area contributed by atoms with Gasteiger partial charge >= 0.3 is 5.97 Å². The Morgan fingerprint density at radius 3 is 2.31 bits per heavy atom. The summed E-state index contributed by atoms with van der Waals surface area (Å²) in [6.45, 7) is 7.91. The van der Waals surface area contributed by atoms with Gasteiger partial charge in [0.15, 0.2) is 0 Å². The Morgan fingerprint density at radius 1 is 1.31 bits per heavy atom. The SMILES string of the molecule is Cc1cc(C(C)(C)C)c(CC(=O)O)cc1O. The van der Waals surface area contributed by atoms with E-state index in [9.17, 15) is 9.90 Å². The third-order valence-electron chi connectivity index (χ3n) is 2.57. The lowest BCUT2D eigenvalue weighted by Crippen LogP contribution is -2.16. The molecule has 1 aromatic rings. The molecule has 0 saturated carbocycles. The second kappa shape index (κ2) is 4.16. The molecule has 0 aliphatic heterocycles. The normalized spacial score (nSPS) is 11.5. The van der Waals surface area contributed by atoms with Crippen molar-refractivity contribution in [1.29, 1.82) is 0 Å². The van der Waals surface area contributed by atoms with Crippen molar-refractivity contribution in [3.05, 3.63) is 28.8 Å². The van der Waals surface area contributed by atoms with Gasteiger partial charge in [-0.3, -0.25) is 4.79 Å². The predicted octanol–water partition coefficient (Wildman–Crippen LogP) is 2.63. The Kier molecular flexibility index (Phi) is 3.27. The van der Waals surface area contributed by atoms with Crippen molar-refractivity contribution in [2.75, 3.05) is 0 Å². The number of aromatic hydroxyl groups is 1. The smallest absolute Gasteiger partial charge is 0.307 e. The van der Waals surface area contributed by atoms with Crippen LogP contribution in [-0.4, -0.2) is 16.2 Å². The molecule has 0 aliphatic carbocycles. The van der Waals surface area contributed by atoms with E-state index >= 15 is 0 Å². The van der Waals surface area contributed by atoms with Crippen molar-refractivity contribution >= 4 is 5.97 Å². The van der Waals surface area contributed by atoms with Gasteiger partial charge in [0.25, 0.3) is 0 Å². The maximum atomic E-state index is 10.8. The summed E-state index contributed by atoms with van der Waals surface area (Å²) in [5, 5.41) is 18.4. The first kappa shape index (κ1) is 12.6. The van der Waals surface area contributed by atoms with Gasteiger partial charge in [-0.2, -0.15) is 0 Å². The Hall–Kier alpha value is -1.51. The Labute approximate surface area is 95.7 Å². The molecular formula is C13H18O3. The molecule has 0 unspecified atom stereocenters. The maximum absolute atomic E-state index is 10.8. The summed E-state index contributed by atoms with van der Waals surface area (Å²) in [4.78, 5) is 10.8. The largest absolute Gasteiger partial charge is 0.508 e. The molecule has 1 aromatic carbocycles. The summed E-state index contributed by atoms with van der Waals surface area (Å²) < 4.78 is 0. The molecule has 1 rings (SSSR count). The van der Waals surface area contributed by atoms with E-state index in [1.165, 1.54) is 0 Å². The van der Waals surface area contributed by atoms with Crippen LogP contribution in [0.2, 0.25) is 0 Å². The fourth-order valence-electron chi connectivity index (χ4n) is 1.75. The molecule has 16 heavy (non-hydrogen) atoms. The highest BCUT2D eigenvalue weighted by molar-refractivity contribution is 5.71. The molecule has 2 N–H and O–H groups in total. The number of carbonyl (C=O) groups is 1. The average Bonchev–Trinajstić information content (AvgIpc) is 2.08. The summed E-state index contributed by atoms with van der Waals surface area (Å²) in [7, 11) is 0. The van der Waals surface area contributed by atoms with Crippen LogP contribution in [0, 0.1) is 6.92 Å². The first-order valence-electron chi connectivity index (χ1n) is 5.26. The number of phenols is 1. The van der Waals surface area contributed by atoms with Crippen LogP contribution in [0.1, 0.15) is 37.5 Å². The van der Waals surface area contributed by atoms with Crippen molar-refractivity contribution in [2.24, 2.45) is 0 Å². The van der Waals surface area contributed by atoms with E-state index < -0.39 is 5.97 Å². The molecule has 0 atom stereocenters. The molecule has 0 spiro atoms. The number of aryl methyl sites for hydroxylation is 1. The molecule has 88 valence electrons. The van der Waals surface area contributed by atoms with Crippen molar-refractivity contribution in [1.82, 2.24) is 0 Å². The van der Waals surface area contributed by atoms with Gasteiger partial charge in [0, 0.05) is 0 Å². The Bertz CT molecular complexity index is 414. The first-order chi connectivity index (χ1) is 7.21. The quantitative estimate of drug-likeness (QED) is 0.808. The Balaban J connectivity index is 3.33. The molecule has 0 amide bonds. The van der Waals surface area contributed by atoms with Gasteiger partial charge in [0.1, 0.15) is 5.75 Å². The summed E-state index contributed by atoms with van der Waals surface area (Å²) >= 11 is 0. The van der Waals surface area contributed by atoms with Gasteiger partial charge in [0.05, 0.1) is 6.42 Å². The van der Waals surface area contributed by atoms with Crippen molar-refractivity contribution in [3.8, 4) is 5.75 Å². The van der Waals surface area contributed by atoms with Gasteiger partial charge < -0.3 is 10.2 Å². The van der Waals surface area contributed by atoms with Crippen LogP contribution in [0.15, 0.2) is 12.1 Å². The zero-order chi connectivity index (χ0) is 12.5. The van der Waals surface area contributed by atoms with Crippen LogP contribution < -0.4 is 0 Å². The van der Waals surface area contributed by atoms with Crippen molar-refractivity contribution in [2.45, 2.75) is 39.5 Å². The molecule has 0 aromatic heterocycles. The van der Waals surface area contributed by atoms with Crippen LogP contribution in [0.4, 0.5) is 0 Å². The standard InChI is InChI=1S/C13H18O3/c1-8-5-10(13(2,3)4)9(6-11(8)14)7-12(15)16/h5-6,14H,7H2,1-4H3,(H,15,16). The summed E-state index contributed by atoms with van der Waals surface area (Å²) in [6, 6.07) is 3.43. The van der Waals surface area contributed by atoms with Crippen LogP contribution >= 0.6 is 0 Å². The number of phenolic OH excluding ortho intramolecular Hbond substituents is 1. The number of rotatable bonds is 2. The number of aliphatic carboxylic acids is 1. The lowest BCUT2D eigenvalue weighted by Gasteiger charge is -2.23. The van der Waals surface area contributed by atoms with Crippen LogP contribution in [0.5, 0.6) is 5.75 Å². The zero-order valence-electron chi connectivity index (χ0n) is 10.2. The van der Waals surface area contributed by atoms with E-state index in [2.05, 4.69) is 0 Å². The highest BCUT2D eigenvalue weighted by Crippen LogP contribution is 2.31. The number of benzene rings is 1. The van der Waals surface area contributed by atoms with E-state index in [-0.39, 0.29) is 17.6 Å². The molecule has 0 fully saturated rings. The zero-order valence-corrected chi connectivity index (χ0v) is 10.2. The maximum Gasteiger partial charge on any atom is 0.307 e. The summed E-state index contributed by atoms with van der Waals surface area (Å²) in [6.07, 6.45) is -0.0551. The summed E-state index contributed by atoms with van der Waals surface area (Å²) in [5.41, 5.74) is 2.32. The molecule has 3 heteroatoms. The van der Waals surface area contributed by atoms with E-state index in [0.29, 0.717) is 5.56 Å². The lowest BCUT2D eigenvalue weighted by molar-refractivity contribution is -0.136. The van der Waals surface area contributed by atoms with E-state index in [1.54, 1.807) is 6.07 Å². The van der Waals surface area contributed by atoms with Crippen molar-refractivity contribution in [3.63, 3.8) is 0 Å². The fraction of sp³-hybridized carbons (Fsp3) is 0.462. The minimum absolute atomic E-state index is 0.0551. The predicted molar refractivity (Wildman–Crippen MR) is 62.9 cm³/mol. The van der Waals surface area contributed by atoms with Gasteiger partial charge in [-0.15, -0.1) is 0 Å². The third-order valence-corrected chi connectivity index (χ3v) is 2.57. The van der Waals surface area contributed by atoms with Crippen LogP contribution in [0.25, 0.3) is 0 Å². The highest BCUT2D eigenvalue weighted by Gasteiger charge is 2.20. The molecule has 0 heterocycles. The third kappa shape index (κ3) is 2.75. The Morgan fingerprint density at radius 2 is 1.88 bits per heavy atom. The minimum atomic E-state index is -0.881. The van der Waals surface area contributed by atoms with E-state index in [4.69, 9.17) is 5.11 Å². The molecule has 0 bridgehead atoms. The molecule has 0 saturated heterocycles. The van der Waals surface area contributed by atoms with Crippen LogP contribution in [-0.2, 0) is 16.6 Å². The first-order valence-corrected chi connectivity index (χ1v) is 5.26. The average molecular weight is 222 g/mol. The molecule has 0 radical (unpaired) electrons. The highest BCUT2D eigenvalue weighted by atomic mass is 16.4. The number of carboxylic acid groups (broad SMARTS) is 1. The number of hydrogen-bond donors (Lipinski definition) is 2. The van der Waals surface area contributed by atoms with Gasteiger partial charge in [0.2, 0.25) is 0 Å².